The van der Waals surface area contributed by atoms with Gasteiger partial charge in [-0.3, -0.25) is 14.3 Å². The fourth-order valence-corrected chi connectivity index (χ4v) is 3.47. The molecular formula is C18H19NO6S. The highest BCUT2D eigenvalue weighted by Crippen LogP contribution is 2.31. The lowest BCUT2D eigenvalue weighted by Crippen LogP contribution is -2.22. The van der Waals surface area contributed by atoms with Gasteiger partial charge in [-0.1, -0.05) is 18.2 Å². The molecule has 2 rings (SSSR count). The molecule has 0 amide bonds. The first-order valence-corrected chi connectivity index (χ1v) is 9.32. The maximum atomic E-state index is 12.4. The van der Waals surface area contributed by atoms with Crippen LogP contribution in [0.25, 0.3) is 0 Å². The average molecular weight is 377 g/mol. The zero-order valence-electron chi connectivity index (χ0n) is 14.3. The minimum Gasteiger partial charge on any atom is -0.508 e. The van der Waals surface area contributed by atoms with Crippen LogP contribution in [0.2, 0.25) is 0 Å². The Morgan fingerprint density at radius 2 is 1.81 bits per heavy atom. The smallest absolute Gasteiger partial charge is 0.321 e. The summed E-state index contributed by atoms with van der Waals surface area (Å²) in [5, 5.41) is 10.0. The van der Waals surface area contributed by atoms with Crippen molar-refractivity contribution in [1.82, 2.24) is 0 Å². The van der Waals surface area contributed by atoms with E-state index in [-0.39, 0.29) is 28.5 Å². The van der Waals surface area contributed by atoms with Crippen LogP contribution in [0.5, 0.6) is 5.75 Å². The first kappa shape index (κ1) is 19.5. The predicted molar refractivity (Wildman–Crippen MR) is 95.4 cm³/mol. The molecule has 0 saturated heterocycles. The summed E-state index contributed by atoms with van der Waals surface area (Å²) in [4.78, 5) is 24.0. The molecule has 2 aromatic rings. The second-order valence-electron chi connectivity index (χ2n) is 5.49. The number of phenols is 1. The molecule has 0 saturated carbocycles. The van der Waals surface area contributed by atoms with E-state index in [0.29, 0.717) is 0 Å². The monoisotopic (exact) mass is 377 g/mol. The maximum Gasteiger partial charge on any atom is 0.321 e. The highest BCUT2D eigenvalue weighted by Gasteiger charge is 2.30. The minimum absolute atomic E-state index is 0.0239. The molecule has 0 bridgehead atoms. The number of nitrogens with one attached hydrogen (secondary N) is 1. The van der Waals surface area contributed by atoms with Gasteiger partial charge in [0.25, 0.3) is 10.0 Å². The van der Waals surface area contributed by atoms with Crippen LogP contribution in [-0.2, 0) is 24.3 Å². The largest absolute Gasteiger partial charge is 0.508 e. The van der Waals surface area contributed by atoms with Crippen LogP contribution < -0.4 is 4.72 Å². The second kappa shape index (κ2) is 8.01. The van der Waals surface area contributed by atoms with E-state index in [1.807, 2.05) is 0 Å². The Morgan fingerprint density at radius 1 is 1.15 bits per heavy atom. The third kappa shape index (κ3) is 4.40. The van der Waals surface area contributed by atoms with Crippen molar-refractivity contribution in [3.63, 3.8) is 0 Å². The van der Waals surface area contributed by atoms with E-state index in [1.165, 1.54) is 37.3 Å². The van der Waals surface area contributed by atoms with Gasteiger partial charge in [-0.05, 0) is 44.2 Å². The summed E-state index contributed by atoms with van der Waals surface area (Å²) in [6, 6.07) is 11.5. The Hall–Kier alpha value is -2.87. The molecule has 1 atom stereocenters. The van der Waals surface area contributed by atoms with Crippen molar-refractivity contribution in [2.45, 2.75) is 24.7 Å². The lowest BCUT2D eigenvalue weighted by Gasteiger charge is -2.16. The van der Waals surface area contributed by atoms with Gasteiger partial charge in [-0.25, -0.2) is 8.42 Å². The van der Waals surface area contributed by atoms with Gasteiger partial charge in [0.1, 0.15) is 17.5 Å². The third-order valence-corrected chi connectivity index (χ3v) is 4.97. The highest BCUT2D eigenvalue weighted by atomic mass is 32.2. The number of phenolic OH excluding ortho intramolecular Hbond substituents is 1. The van der Waals surface area contributed by atoms with Gasteiger partial charge in [0.05, 0.1) is 11.5 Å². The van der Waals surface area contributed by atoms with E-state index in [9.17, 15) is 23.1 Å². The Balaban J connectivity index is 2.40. The van der Waals surface area contributed by atoms with Gasteiger partial charge in [-0.15, -0.1) is 0 Å². The van der Waals surface area contributed by atoms with Crippen molar-refractivity contribution in [2.24, 2.45) is 0 Å². The minimum atomic E-state index is -3.85. The second-order valence-corrected chi connectivity index (χ2v) is 7.17. The molecule has 8 heteroatoms. The van der Waals surface area contributed by atoms with E-state index < -0.39 is 27.7 Å². The molecule has 0 spiro atoms. The number of esters is 1. The van der Waals surface area contributed by atoms with Crippen LogP contribution in [0.4, 0.5) is 5.69 Å². The predicted octanol–water partition coefficient (Wildman–Crippen LogP) is 2.43. The summed E-state index contributed by atoms with van der Waals surface area (Å²) in [6.45, 7) is 2.87. The molecule has 0 aliphatic heterocycles. The standard InChI is InChI=1S/C18H19NO6S/c1-3-25-18(22)17(12(2)20)15-11-13(9-10-16(15)21)19-26(23,24)14-7-5-4-6-8-14/h4-11,17,19,21H,3H2,1-2H3. The van der Waals surface area contributed by atoms with Crippen LogP contribution in [0.1, 0.15) is 25.3 Å². The normalized spacial score (nSPS) is 12.2. The molecule has 138 valence electrons. The number of aromatic hydroxyl groups is 1. The Morgan fingerprint density at radius 3 is 2.38 bits per heavy atom. The number of hydrogen-bond donors (Lipinski definition) is 2. The SMILES string of the molecule is CCOC(=O)C(C(C)=O)c1cc(NS(=O)(=O)c2ccccc2)ccc1O. The molecule has 26 heavy (non-hydrogen) atoms. The molecule has 0 aliphatic carbocycles. The van der Waals surface area contributed by atoms with E-state index in [4.69, 9.17) is 4.74 Å². The van der Waals surface area contributed by atoms with Gasteiger partial charge in [0, 0.05) is 11.3 Å². The van der Waals surface area contributed by atoms with Crippen LogP contribution in [0.15, 0.2) is 53.4 Å². The van der Waals surface area contributed by atoms with E-state index in [2.05, 4.69) is 4.72 Å². The van der Waals surface area contributed by atoms with Crippen LogP contribution in [-0.4, -0.2) is 31.9 Å². The summed E-state index contributed by atoms with van der Waals surface area (Å²) in [6.07, 6.45) is 0. The van der Waals surface area contributed by atoms with Crippen molar-refractivity contribution >= 4 is 27.5 Å². The first-order chi connectivity index (χ1) is 12.3. The lowest BCUT2D eigenvalue weighted by atomic mass is 9.94. The summed E-state index contributed by atoms with van der Waals surface area (Å²) < 4.78 is 32.1. The topological polar surface area (TPSA) is 110 Å². The molecule has 2 N–H and O–H groups in total. The molecule has 1 unspecified atom stereocenters. The fourth-order valence-electron chi connectivity index (χ4n) is 2.40. The van der Waals surface area contributed by atoms with E-state index in [1.54, 1.807) is 25.1 Å². The van der Waals surface area contributed by atoms with Crippen molar-refractivity contribution < 1.29 is 27.9 Å². The number of carbonyl (C=O) groups is 2. The number of hydrogen-bond acceptors (Lipinski definition) is 6. The number of anilines is 1. The van der Waals surface area contributed by atoms with Gasteiger partial charge >= 0.3 is 5.97 Å². The number of rotatable bonds is 7. The zero-order valence-corrected chi connectivity index (χ0v) is 15.1. The van der Waals surface area contributed by atoms with Crippen LogP contribution >= 0.6 is 0 Å². The number of ketones is 1. The summed E-state index contributed by atoms with van der Waals surface area (Å²) in [7, 11) is -3.85. The van der Waals surface area contributed by atoms with Crippen molar-refractivity contribution in [3.8, 4) is 5.75 Å². The van der Waals surface area contributed by atoms with E-state index in [0.717, 1.165) is 0 Å². The third-order valence-electron chi connectivity index (χ3n) is 3.57. The summed E-state index contributed by atoms with van der Waals surface area (Å²) in [5.41, 5.74) is 0.0846. The number of Topliss-reactive ketones (excluding diaryl/α,β-unsaturated/α-hetero) is 1. The number of benzene rings is 2. The van der Waals surface area contributed by atoms with Crippen molar-refractivity contribution in [2.75, 3.05) is 11.3 Å². The van der Waals surface area contributed by atoms with Gasteiger partial charge < -0.3 is 9.84 Å². The van der Waals surface area contributed by atoms with Crippen LogP contribution in [0, 0.1) is 0 Å². The molecule has 0 aliphatic rings. The quantitative estimate of drug-likeness (QED) is 0.436. The molecular weight excluding hydrogens is 358 g/mol. The molecule has 0 radical (unpaired) electrons. The molecule has 0 heterocycles. The molecule has 7 nitrogen and oxygen atoms in total. The first-order valence-electron chi connectivity index (χ1n) is 7.84. The lowest BCUT2D eigenvalue weighted by molar-refractivity contribution is -0.147. The number of ether oxygens (including phenoxy) is 1. The van der Waals surface area contributed by atoms with Crippen LogP contribution in [0.3, 0.4) is 0 Å². The summed E-state index contributed by atoms with van der Waals surface area (Å²) >= 11 is 0. The fraction of sp³-hybridized carbons (Fsp3) is 0.222. The Bertz CT molecular complexity index is 909. The van der Waals surface area contributed by atoms with Crippen molar-refractivity contribution in [3.05, 3.63) is 54.1 Å². The number of sulfonamides is 1. The molecule has 0 fully saturated rings. The highest BCUT2D eigenvalue weighted by molar-refractivity contribution is 7.92. The van der Waals surface area contributed by atoms with Crippen molar-refractivity contribution in [1.29, 1.82) is 0 Å². The number of carbonyl (C=O) groups excluding carboxylic acids is 2. The van der Waals surface area contributed by atoms with Gasteiger partial charge in [0.2, 0.25) is 0 Å². The zero-order chi connectivity index (χ0) is 19.3. The Labute approximate surface area is 151 Å². The van der Waals surface area contributed by atoms with Gasteiger partial charge in [0.15, 0.2) is 0 Å². The van der Waals surface area contributed by atoms with E-state index >= 15 is 0 Å². The van der Waals surface area contributed by atoms with Gasteiger partial charge in [-0.2, -0.15) is 0 Å². The Kier molecular flexibility index (Phi) is 5.99. The average Bonchev–Trinajstić information content (AvgIpc) is 2.58. The molecule has 2 aromatic carbocycles. The maximum absolute atomic E-state index is 12.4. The summed E-state index contributed by atoms with van der Waals surface area (Å²) in [5.74, 6) is -2.97. The molecule has 0 aromatic heterocycles.